The predicted molar refractivity (Wildman–Crippen MR) is 138 cm³/mol. The van der Waals surface area contributed by atoms with E-state index in [-0.39, 0.29) is 34.4 Å². The van der Waals surface area contributed by atoms with E-state index in [0.29, 0.717) is 5.92 Å². The molecule has 0 radical (unpaired) electrons. The number of ether oxygens (including phenoxy) is 2. The van der Waals surface area contributed by atoms with Crippen molar-refractivity contribution in [1.29, 1.82) is 0 Å². The molecule has 1 aromatic rings. The maximum atomic E-state index is 12.4. The summed E-state index contributed by atoms with van der Waals surface area (Å²) in [6, 6.07) is 3.36. The lowest BCUT2D eigenvalue weighted by atomic mass is 9.45. The molecule has 5 aliphatic rings. The van der Waals surface area contributed by atoms with Gasteiger partial charge in [-0.25, -0.2) is 4.79 Å². The molecule has 4 fully saturated rings. The van der Waals surface area contributed by atoms with Gasteiger partial charge < -0.3 is 34.3 Å². The zero-order valence-electron chi connectivity index (χ0n) is 22.6. The second-order valence-corrected chi connectivity index (χ2v) is 13.1. The SMILES string of the molecule is C[C@@H]1O[C@@H](O[C@@H]2C=C3CC[C@@H]4C(CCC5(C)[C@@H](c6ccc(=O)oc6)CCC45O)C3(C)CC2)[C@H](O)[C@H](O)[C@H]1O. The zero-order valence-corrected chi connectivity index (χ0v) is 22.6. The van der Waals surface area contributed by atoms with Gasteiger partial charge >= 0.3 is 5.63 Å². The molecule has 4 aliphatic carbocycles. The molecule has 2 heterocycles. The molecule has 38 heavy (non-hydrogen) atoms. The lowest BCUT2D eigenvalue weighted by molar-refractivity contribution is -0.301. The Morgan fingerprint density at radius 2 is 1.74 bits per heavy atom. The molecule has 1 aromatic heterocycles. The summed E-state index contributed by atoms with van der Waals surface area (Å²) in [5.74, 6) is 0.759. The fourth-order valence-corrected chi connectivity index (χ4v) is 9.17. The number of aliphatic hydroxyl groups excluding tert-OH is 3. The van der Waals surface area contributed by atoms with Crippen molar-refractivity contribution in [3.63, 3.8) is 0 Å². The number of aliphatic hydroxyl groups is 4. The van der Waals surface area contributed by atoms with Crippen LogP contribution >= 0.6 is 0 Å². The first-order chi connectivity index (χ1) is 18.0. The molecule has 1 saturated heterocycles. The van der Waals surface area contributed by atoms with Crippen LogP contribution in [0, 0.1) is 22.7 Å². The summed E-state index contributed by atoms with van der Waals surface area (Å²) < 4.78 is 17.0. The first-order valence-corrected chi connectivity index (χ1v) is 14.4. The molecule has 1 aliphatic heterocycles. The topological polar surface area (TPSA) is 130 Å². The number of allylic oxidation sites excluding steroid dienone is 1. The van der Waals surface area contributed by atoms with Gasteiger partial charge in [-0.3, -0.25) is 0 Å². The first-order valence-electron chi connectivity index (χ1n) is 14.4. The summed E-state index contributed by atoms with van der Waals surface area (Å²) in [5, 5.41) is 43.0. The van der Waals surface area contributed by atoms with Crippen LogP contribution in [0.5, 0.6) is 0 Å². The van der Waals surface area contributed by atoms with Gasteiger partial charge in [-0.2, -0.15) is 0 Å². The van der Waals surface area contributed by atoms with Crippen LogP contribution in [0.2, 0.25) is 0 Å². The Balaban J connectivity index is 1.21. The van der Waals surface area contributed by atoms with Crippen LogP contribution in [0.3, 0.4) is 0 Å². The largest absolute Gasteiger partial charge is 0.431 e. The van der Waals surface area contributed by atoms with E-state index in [1.165, 1.54) is 11.6 Å². The highest BCUT2D eigenvalue weighted by Gasteiger charge is 2.66. The van der Waals surface area contributed by atoms with Crippen LogP contribution in [0.15, 0.2) is 39.3 Å². The minimum absolute atomic E-state index is 0.0213. The lowest BCUT2D eigenvalue weighted by Gasteiger charge is -2.62. The van der Waals surface area contributed by atoms with E-state index in [1.54, 1.807) is 13.2 Å². The minimum atomic E-state index is -1.31. The Bertz CT molecular complexity index is 1130. The van der Waals surface area contributed by atoms with Crippen molar-refractivity contribution in [3.05, 3.63) is 46.0 Å². The fraction of sp³-hybridized carbons (Fsp3) is 0.767. The third-order valence-corrected chi connectivity index (χ3v) is 11.5. The zero-order chi connectivity index (χ0) is 27.0. The maximum absolute atomic E-state index is 12.4. The van der Waals surface area contributed by atoms with Crippen molar-refractivity contribution in [1.82, 2.24) is 0 Å². The summed E-state index contributed by atoms with van der Waals surface area (Å²) in [4.78, 5) is 11.5. The van der Waals surface area contributed by atoms with Crippen LogP contribution in [0.1, 0.15) is 83.6 Å². The normalized spacial score (nSPS) is 50.5. The lowest BCUT2D eigenvalue weighted by Crippen LogP contribution is -2.60. The van der Waals surface area contributed by atoms with E-state index in [9.17, 15) is 25.2 Å². The molecule has 4 unspecified atom stereocenters. The summed E-state index contributed by atoms with van der Waals surface area (Å²) in [7, 11) is 0. The molecule has 3 saturated carbocycles. The maximum Gasteiger partial charge on any atom is 0.335 e. The molecule has 6 rings (SSSR count). The van der Waals surface area contributed by atoms with Crippen molar-refractivity contribution in [2.75, 3.05) is 0 Å². The molecule has 0 aromatic carbocycles. The molecule has 8 heteroatoms. The summed E-state index contributed by atoms with van der Waals surface area (Å²) >= 11 is 0. The van der Waals surface area contributed by atoms with Gasteiger partial charge in [-0.15, -0.1) is 0 Å². The summed E-state index contributed by atoms with van der Waals surface area (Å²) in [6.45, 7) is 6.26. The van der Waals surface area contributed by atoms with Gasteiger partial charge in [0.05, 0.1) is 24.1 Å². The van der Waals surface area contributed by atoms with E-state index in [4.69, 9.17) is 13.9 Å². The quantitative estimate of drug-likeness (QED) is 0.439. The van der Waals surface area contributed by atoms with Crippen LogP contribution in [-0.2, 0) is 9.47 Å². The molecular formula is C30H42O8. The highest BCUT2D eigenvalue weighted by Crippen LogP contribution is 2.70. The Labute approximate surface area is 223 Å². The molecule has 0 spiro atoms. The van der Waals surface area contributed by atoms with Gasteiger partial charge in [0.25, 0.3) is 0 Å². The molecule has 12 atom stereocenters. The monoisotopic (exact) mass is 530 g/mol. The molecule has 0 amide bonds. The fourth-order valence-electron chi connectivity index (χ4n) is 9.17. The van der Waals surface area contributed by atoms with E-state index >= 15 is 0 Å². The van der Waals surface area contributed by atoms with Crippen LogP contribution in [0.25, 0.3) is 0 Å². The Kier molecular flexibility index (Phi) is 6.49. The summed E-state index contributed by atoms with van der Waals surface area (Å²) in [6.07, 6.45) is 5.32. The minimum Gasteiger partial charge on any atom is -0.431 e. The Morgan fingerprint density at radius 3 is 2.47 bits per heavy atom. The third kappa shape index (κ3) is 3.82. The van der Waals surface area contributed by atoms with Crippen LogP contribution in [0.4, 0.5) is 0 Å². The second-order valence-electron chi connectivity index (χ2n) is 13.1. The second kappa shape index (κ2) is 9.25. The van der Waals surface area contributed by atoms with Gasteiger partial charge in [0.2, 0.25) is 0 Å². The van der Waals surface area contributed by atoms with Gasteiger partial charge in [0.1, 0.15) is 18.3 Å². The van der Waals surface area contributed by atoms with Crippen molar-refractivity contribution in [3.8, 4) is 0 Å². The van der Waals surface area contributed by atoms with E-state index in [2.05, 4.69) is 19.9 Å². The number of fused-ring (bicyclic) bond motifs is 5. The molecular weight excluding hydrogens is 488 g/mol. The van der Waals surface area contributed by atoms with E-state index in [1.807, 2.05) is 6.07 Å². The van der Waals surface area contributed by atoms with Gasteiger partial charge in [0, 0.05) is 11.5 Å². The molecule has 0 bridgehead atoms. The highest BCUT2D eigenvalue weighted by atomic mass is 16.7. The van der Waals surface area contributed by atoms with Crippen LogP contribution < -0.4 is 5.63 Å². The van der Waals surface area contributed by atoms with E-state index < -0.39 is 36.3 Å². The standard InChI is InChI=1S/C30H42O8/c1-16-24(32)25(33)26(34)27(37-16)38-19-8-11-28(2)18(14-19)5-6-22-21(28)9-12-29(3)20(10-13-30(22,29)35)17-4-7-23(31)36-15-17/h4,7,14-16,19-22,24-27,32-35H,5-6,8-13H2,1-3H3/t16-,19-,20+,21?,22+,24-,25+,26+,27-,28?,29?,30?/m0/s1. The van der Waals surface area contributed by atoms with Gasteiger partial charge in [-0.05, 0) is 93.1 Å². The van der Waals surface area contributed by atoms with Gasteiger partial charge in [0.15, 0.2) is 6.29 Å². The number of hydrogen-bond acceptors (Lipinski definition) is 8. The average molecular weight is 531 g/mol. The smallest absolute Gasteiger partial charge is 0.335 e. The average Bonchev–Trinajstić information content (AvgIpc) is 3.18. The Morgan fingerprint density at radius 1 is 0.947 bits per heavy atom. The van der Waals surface area contributed by atoms with Crippen molar-refractivity contribution >= 4 is 0 Å². The first kappa shape index (κ1) is 26.7. The predicted octanol–water partition coefficient (Wildman–Crippen LogP) is 3.01. The molecule has 210 valence electrons. The number of hydrogen-bond donors (Lipinski definition) is 4. The van der Waals surface area contributed by atoms with Crippen molar-refractivity contribution in [2.24, 2.45) is 22.7 Å². The Hall–Kier alpha value is -1.55. The molecule has 4 N–H and O–H groups in total. The van der Waals surface area contributed by atoms with Gasteiger partial charge in [-0.1, -0.05) is 25.5 Å². The third-order valence-electron chi connectivity index (χ3n) is 11.5. The van der Waals surface area contributed by atoms with Crippen molar-refractivity contribution < 1.29 is 34.3 Å². The highest BCUT2D eigenvalue weighted by molar-refractivity contribution is 5.31. The number of rotatable bonds is 3. The summed E-state index contributed by atoms with van der Waals surface area (Å²) in [5.41, 5.74) is 0.991. The molecule has 8 nitrogen and oxygen atoms in total. The van der Waals surface area contributed by atoms with Crippen LogP contribution in [-0.4, -0.2) is 62.8 Å². The van der Waals surface area contributed by atoms with Crippen molar-refractivity contribution in [2.45, 2.75) is 120 Å². The van der Waals surface area contributed by atoms with E-state index in [0.717, 1.165) is 56.9 Å².